The molecule has 0 saturated carbocycles. The van der Waals surface area contributed by atoms with Gasteiger partial charge in [-0.25, -0.2) is 19.9 Å². The summed E-state index contributed by atoms with van der Waals surface area (Å²) in [7, 11) is 0. The van der Waals surface area contributed by atoms with Crippen molar-refractivity contribution in [1.82, 2.24) is 29.4 Å². The van der Waals surface area contributed by atoms with E-state index in [1.54, 1.807) is 30.9 Å². The van der Waals surface area contributed by atoms with Crippen molar-refractivity contribution < 1.29 is 9.53 Å². The SMILES string of the molecule is CCOc1ccc(C(=O)N2CCN(c3cc(-n4ccnc4C)ncn3)CC2)cn1. The fraction of sp³-hybridized carbons (Fsp3) is 0.350. The second-order valence-electron chi connectivity index (χ2n) is 6.68. The zero-order valence-corrected chi connectivity index (χ0v) is 16.5. The second-order valence-corrected chi connectivity index (χ2v) is 6.68. The van der Waals surface area contributed by atoms with E-state index in [2.05, 4.69) is 24.8 Å². The topological polar surface area (TPSA) is 89.3 Å². The maximum absolute atomic E-state index is 12.7. The van der Waals surface area contributed by atoms with E-state index in [4.69, 9.17) is 4.74 Å². The second kappa shape index (κ2) is 8.26. The van der Waals surface area contributed by atoms with Gasteiger partial charge in [0.15, 0.2) is 0 Å². The molecule has 1 aliphatic rings. The first kappa shape index (κ1) is 18.9. The van der Waals surface area contributed by atoms with E-state index in [9.17, 15) is 4.79 Å². The molecule has 1 fully saturated rings. The summed E-state index contributed by atoms with van der Waals surface area (Å²) in [5.41, 5.74) is 0.571. The van der Waals surface area contributed by atoms with Crippen LogP contribution in [0, 0.1) is 6.92 Å². The predicted octanol–water partition coefficient (Wildman–Crippen LogP) is 1.73. The zero-order chi connectivity index (χ0) is 20.2. The number of hydrogen-bond acceptors (Lipinski definition) is 7. The fourth-order valence-corrected chi connectivity index (χ4v) is 3.32. The van der Waals surface area contributed by atoms with Crippen molar-refractivity contribution in [3.05, 3.63) is 54.5 Å². The number of hydrogen-bond donors (Lipinski definition) is 0. The monoisotopic (exact) mass is 393 g/mol. The van der Waals surface area contributed by atoms with E-state index < -0.39 is 0 Å². The van der Waals surface area contributed by atoms with E-state index in [-0.39, 0.29) is 5.91 Å². The summed E-state index contributed by atoms with van der Waals surface area (Å²) in [5, 5.41) is 0. The molecular weight excluding hydrogens is 370 g/mol. The maximum Gasteiger partial charge on any atom is 0.255 e. The van der Waals surface area contributed by atoms with Crippen LogP contribution in [0.15, 0.2) is 43.1 Å². The number of ether oxygens (including phenoxy) is 1. The van der Waals surface area contributed by atoms with Crippen LogP contribution in [0.25, 0.3) is 5.82 Å². The first-order valence-electron chi connectivity index (χ1n) is 9.61. The first-order chi connectivity index (χ1) is 14.2. The predicted molar refractivity (Wildman–Crippen MR) is 107 cm³/mol. The molecule has 0 unspecified atom stereocenters. The lowest BCUT2D eigenvalue weighted by atomic mass is 10.2. The summed E-state index contributed by atoms with van der Waals surface area (Å²) in [4.78, 5) is 33.9. The minimum atomic E-state index is -0.0161. The minimum absolute atomic E-state index is 0.0161. The summed E-state index contributed by atoms with van der Waals surface area (Å²) in [6, 6.07) is 5.44. The third-order valence-corrected chi connectivity index (χ3v) is 4.88. The lowest BCUT2D eigenvalue weighted by Gasteiger charge is -2.35. The number of pyridine rings is 1. The molecule has 29 heavy (non-hydrogen) atoms. The number of carbonyl (C=O) groups is 1. The highest BCUT2D eigenvalue weighted by molar-refractivity contribution is 5.94. The van der Waals surface area contributed by atoms with Crippen molar-refractivity contribution in [1.29, 1.82) is 0 Å². The minimum Gasteiger partial charge on any atom is -0.478 e. The van der Waals surface area contributed by atoms with Crippen molar-refractivity contribution in [3.8, 4) is 11.7 Å². The number of carbonyl (C=O) groups excluding carboxylic acids is 1. The van der Waals surface area contributed by atoms with Gasteiger partial charge in [0.1, 0.15) is 23.8 Å². The third-order valence-electron chi connectivity index (χ3n) is 4.88. The highest BCUT2D eigenvalue weighted by Crippen LogP contribution is 2.18. The van der Waals surface area contributed by atoms with Crippen molar-refractivity contribution in [2.75, 3.05) is 37.7 Å². The molecule has 0 aromatic carbocycles. The number of piperazine rings is 1. The summed E-state index contributed by atoms with van der Waals surface area (Å²) < 4.78 is 7.25. The number of rotatable bonds is 5. The molecule has 0 radical (unpaired) electrons. The molecule has 0 N–H and O–H groups in total. The average Bonchev–Trinajstić information content (AvgIpc) is 3.20. The van der Waals surface area contributed by atoms with Crippen LogP contribution in [-0.2, 0) is 0 Å². The Kier molecular flexibility index (Phi) is 5.37. The zero-order valence-electron chi connectivity index (χ0n) is 16.5. The van der Waals surface area contributed by atoms with Crippen LogP contribution in [0.5, 0.6) is 5.88 Å². The molecule has 9 heteroatoms. The fourth-order valence-electron chi connectivity index (χ4n) is 3.32. The van der Waals surface area contributed by atoms with Gasteiger partial charge in [-0.1, -0.05) is 0 Å². The Morgan fingerprint density at radius 3 is 2.52 bits per heavy atom. The molecule has 1 saturated heterocycles. The molecule has 9 nitrogen and oxygen atoms in total. The van der Waals surface area contributed by atoms with E-state index in [0.717, 1.165) is 17.5 Å². The van der Waals surface area contributed by atoms with E-state index >= 15 is 0 Å². The van der Waals surface area contributed by atoms with Gasteiger partial charge >= 0.3 is 0 Å². The van der Waals surface area contributed by atoms with Crippen LogP contribution < -0.4 is 9.64 Å². The summed E-state index contributed by atoms with van der Waals surface area (Å²) >= 11 is 0. The molecule has 4 heterocycles. The van der Waals surface area contributed by atoms with Crippen LogP contribution in [0.1, 0.15) is 23.1 Å². The van der Waals surface area contributed by atoms with Gasteiger partial charge in [-0.15, -0.1) is 0 Å². The Hall–Kier alpha value is -3.49. The van der Waals surface area contributed by atoms with Gasteiger partial charge in [-0.05, 0) is 19.9 Å². The lowest BCUT2D eigenvalue weighted by molar-refractivity contribution is 0.0746. The molecule has 3 aromatic rings. The molecule has 0 spiro atoms. The number of imidazole rings is 1. The van der Waals surface area contributed by atoms with Crippen LogP contribution in [-0.4, -0.2) is 68.1 Å². The number of amides is 1. The normalized spacial score (nSPS) is 14.1. The quantitative estimate of drug-likeness (QED) is 0.652. The summed E-state index contributed by atoms with van der Waals surface area (Å²) in [6.45, 7) is 7.03. The highest BCUT2D eigenvalue weighted by Gasteiger charge is 2.23. The van der Waals surface area contributed by atoms with E-state index in [0.29, 0.717) is 44.2 Å². The summed E-state index contributed by atoms with van der Waals surface area (Å²) in [5.74, 6) is 3.01. The Labute approximate surface area is 169 Å². The van der Waals surface area contributed by atoms with Gasteiger partial charge in [0.25, 0.3) is 5.91 Å². The molecule has 150 valence electrons. The Morgan fingerprint density at radius 1 is 1.07 bits per heavy atom. The number of aromatic nitrogens is 5. The summed E-state index contributed by atoms with van der Waals surface area (Å²) in [6.07, 6.45) is 6.76. The van der Waals surface area contributed by atoms with Crippen LogP contribution in [0.2, 0.25) is 0 Å². The molecule has 3 aromatic heterocycles. The van der Waals surface area contributed by atoms with Gasteiger partial charge in [0.05, 0.1) is 12.2 Å². The van der Waals surface area contributed by atoms with Crippen molar-refractivity contribution >= 4 is 11.7 Å². The third kappa shape index (κ3) is 4.03. The van der Waals surface area contributed by atoms with Crippen molar-refractivity contribution in [3.63, 3.8) is 0 Å². The maximum atomic E-state index is 12.7. The molecule has 1 amide bonds. The Bertz CT molecular complexity index is 979. The molecule has 0 aliphatic carbocycles. The number of aryl methyl sites for hydroxylation is 1. The van der Waals surface area contributed by atoms with Gasteiger partial charge in [0.2, 0.25) is 5.88 Å². The molecular formula is C20H23N7O2. The van der Waals surface area contributed by atoms with Gasteiger partial charge in [0, 0.05) is 56.9 Å². The van der Waals surface area contributed by atoms with Crippen LogP contribution >= 0.6 is 0 Å². The molecule has 4 rings (SSSR count). The van der Waals surface area contributed by atoms with Crippen LogP contribution in [0.3, 0.4) is 0 Å². The molecule has 0 atom stereocenters. The van der Waals surface area contributed by atoms with Crippen molar-refractivity contribution in [2.45, 2.75) is 13.8 Å². The Morgan fingerprint density at radius 2 is 1.86 bits per heavy atom. The molecule has 0 bridgehead atoms. The molecule has 1 aliphatic heterocycles. The largest absolute Gasteiger partial charge is 0.478 e. The average molecular weight is 393 g/mol. The Balaban J connectivity index is 1.40. The number of anilines is 1. The lowest BCUT2D eigenvalue weighted by Crippen LogP contribution is -2.49. The van der Waals surface area contributed by atoms with Crippen LogP contribution in [0.4, 0.5) is 5.82 Å². The van der Waals surface area contributed by atoms with Crippen molar-refractivity contribution in [2.24, 2.45) is 0 Å². The smallest absolute Gasteiger partial charge is 0.255 e. The van der Waals surface area contributed by atoms with Gasteiger partial charge < -0.3 is 14.5 Å². The number of nitrogens with zero attached hydrogens (tertiary/aromatic N) is 7. The van der Waals surface area contributed by atoms with E-state index in [1.807, 2.05) is 35.6 Å². The van der Waals surface area contributed by atoms with E-state index in [1.165, 1.54) is 0 Å². The van der Waals surface area contributed by atoms with Gasteiger partial charge in [-0.2, -0.15) is 0 Å². The highest BCUT2D eigenvalue weighted by atomic mass is 16.5. The first-order valence-corrected chi connectivity index (χ1v) is 9.61. The standard InChI is InChI=1S/C20H23N7O2/c1-3-29-19-5-4-16(13-22-19)20(28)26-10-8-25(9-11-26)17-12-18(24-14-23-17)27-7-6-21-15(27)2/h4-7,12-14H,3,8-11H2,1-2H3. The van der Waals surface area contributed by atoms with Gasteiger partial charge in [-0.3, -0.25) is 9.36 Å².